The molecule has 2 rings (SSSR count). The van der Waals surface area contributed by atoms with Crippen LogP contribution in [0.2, 0.25) is 0 Å². The van der Waals surface area contributed by atoms with Crippen LogP contribution in [0.25, 0.3) is 0 Å². The minimum Gasteiger partial charge on any atom is -0.314 e. The SMILES string of the molecule is CC1(C)CCN(S(=O)(=O)CCN2CCNCC2)C1. The summed E-state index contributed by atoms with van der Waals surface area (Å²) in [6.45, 7) is 10.2. The molecule has 0 unspecified atom stereocenters. The molecule has 0 aromatic heterocycles. The fourth-order valence-electron chi connectivity index (χ4n) is 2.61. The van der Waals surface area contributed by atoms with Gasteiger partial charge in [-0.15, -0.1) is 0 Å². The summed E-state index contributed by atoms with van der Waals surface area (Å²) in [7, 11) is -3.06. The Morgan fingerprint density at radius 3 is 2.39 bits per heavy atom. The Morgan fingerprint density at radius 2 is 1.83 bits per heavy atom. The van der Waals surface area contributed by atoms with E-state index in [1.165, 1.54) is 0 Å². The molecule has 0 aromatic rings. The van der Waals surface area contributed by atoms with Gasteiger partial charge in [0.15, 0.2) is 0 Å². The van der Waals surface area contributed by atoms with Crippen molar-refractivity contribution in [3.05, 3.63) is 0 Å². The molecule has 0 spiro atoms. The van der Waals surface area contributed by atoms with E-state index in [1.54, 1.807) is 4.31 Å². The van der Waals surface area contributed by atoms with E-state index < -0.39 is 10.0 Å². The van der Waals surface area contributed by atoms with Crippen LogP contribution in [-0.4, -0.2) is 69.2 Å². The van der Waals surface area contributed by atoms with Gasteiger partial charge in [0.2, 0.25) is 10.0 Å². The molecule has 5 nitrogen and oxygen atoms in total. The van der Waals surface area contributed by atoms with Crippen LogP contribution in [-0.2, 0) is 10.0 Å². The van der Waals surface area contributed by atoms with Crippen molar-refractivity contribution in [1.82, 2.24) is 14.5 Å². The Morgan fingerprint density at radius 1 is 1.17 bits per heavy atom. The molecule has 0 radical (unpaired) electrons. The van der Waals surface area contributed by atoms with Gasteiger partial charge in [0.1, 0.15) is 0 Å². The molecular formula is C12H25N3O2S. The van der Waals surface area contributed by atoms with Gasteiger partial charge in [-0.1, -0.05) is 13.8 Å². The van der Waals surface area contributed by atoms with Crippen molar-refractivity contribution in [2.45, 2.75) is 20.3 Å². The van der Waals surface area contributed by atoms with E-state index in [1.807, 2.05) is 0 Å². The van der Waals surface area contributed by atoms with Crippen LogP contribution in [0.5, 0.6) is 0 Å². The Balaban J connectivity index is 1.84. The van der Waals surface area contributed by atoms with Crippen LogP contribution in [0.15, 0.2) is 0 Å². The zero-order valence-electron chi connectivity index (χ0n) is 11.5. The lowest BCUT2D eigenvalue weighted by atomic mass is 9.93. The van der Waals surface area contributed by atoms with E-state index in [2.05, 4.69) is 24.1 Å². The van der Waals surface area contributed by atoms with Gasteiger partial charge >= 0.3 is 0 Å². The molecule has 2 saturated heterocycles. The smallest absolute Gasteiger partial charge is 0.215 e. The molecule has 106 valence electrons. The lowest BCUT2D eigenvalue weighted by Crippen LogP contribution is -2.46. The predicted octanol–water partition coefficient (Wildman–Crippen LogP) is -0.0467. The quantitative estimate of drug-likeness (QED) is 0.782. The van der Waals surface area contributed by atoms with Crippen molar-refractivity contribution in [3.8, 4) is 0 Å². The predicted molar refractivity (Wildman–Crippen MR) is 73.1 cm³/mol. The van der Waals surface area contributed by atoms with Crippen molar-refractivity contribution in [3.63, 3.8) is 0 Å². The maximum absolute atomic E-state index is 12.2. The zero-order chi connectivity index (χ0) is 13.2. The fourth-order valence-corrected chi connectivity index (χ4v) is 4.27. The lowest BCUT2D eigenvalue weighted by molar-refractivity contribution is 0.252. The first-order valence-corrected chi connectivity index (χ1v) is 8.41. The first-order valence-electron chi connectivity index (χ1n) is 6.80. The van der Waals surface area contributed by atoms with Crippen LogP contribution in [0, 0.1) is 5.41 Å². The van der Waals surface area contributed by atoms with E-state index >= 15 is 0 Å². The van der Waals surface area contributed by atoms with Gasteiger partial charge in [-0.3, -0.25) is 4.90 Å². The molecule has 0 aliphatic carbocycles. The highest BCUT2D eigenvalue weighted by Crippen LogP contribution is 2.30. The molecule has 0 saturated carbocycles. The Hall–Kier alpha value is -0.170. The second-order valence-electron chi connectivity index (χ2n) is 6.16. The molecule has 0 amide bonds. The average Bonchev–Trinajstić information content (AvgIpc) is 2.69. The Kier molecular flexibility index (Phi) is 4.31. The summed E-state index contributed by atoms with van der Waals surface area (Å²) in [4.78, 5) is 2.23. The molecule has 2 aliphatic rings. The normalized spacial score (nSPS) is 26.6. The summed E-state index contributed by atoms with van der Waals surface area (Å²) in [5.41, 5.74) is 0.141. The van der Waals surface area contributed by atoms with E-state index in [0.29, 0.717) is 19.6 Å². The minimum absolute atomic E-state index is 0.141. The molecule has 2 aliphatic heterocycles. The highest BCUT2D eigenvalue weighted by molar-refractivity contribution is 7.89. The van der Waals surface area contributed by atoms with E-state index in [0.717, 1.165) is 32.6 Å². The summed E-state index contributed by atoms with van der Waals surface area (Å²) in [5.74, 6) is 0.267. The molecule has 0 bridgehead atoms. The largest absolute Gasteiger partial charge is 0.314 e. The number of sulfonamides is 1. The third-order valence-corrected chi connectivity index (χ3v) is 5.71. The van der Waals surface area contributed by atoms with Gasteiger partial charge in [-0.2, -0.15) is 0 Å². The van der Waals surface area contributed by atoms with Gasteiger partial charge in [0.25, 0.3) is 0 Å². The van der Waals surface area contributed by atoms with Crippen molar-refractivity contribution in [1.29, 1.82) is 0 Å². The van der Waals surface area contributed by atoms with Crippen LogP contribution in [0.4, 0.5) is 0 Å². The number of hydrogen-bond acceptors (Lipinski definition) is 4. The topological polar surface area (TPSA) is 52.7 Å². The van der Waals surface area contributed by atoms with Gasteiger partial charge in [-0.05, 0) is 11.8 Å². The molecule has 18 heavy (non-hydrogen) atoms. The van der Waals surface area contributed by atoms with E-state index in [9.17, 15) is 8.42 Å². The van der Waals surface area contributed by atoms with Gasteiger partial charge in [-0.25, -0.2) is 12.7 Å². The molecular weight excluding hydrogens is 250 g/mol. The van der Waals surface area contributed by atoms with E-state index in [-0.39, 0.29) is 11.2 Å². The van der Waals surface area contributed by atoms with Crippen molar-refractivity contribution in [2.24, 2.45) is 5.41 Å². The van der Waals surface area contributed by atoms with Crippen molar-refractivity contribution < 1.29 is 8.42 Å². The average molecular weight is 275 g/mol. The third-order valence-electron chi connectivity index (χ3n) is 3.91. The number of hydrogen-bond donors (Lipinski definition) is 1. The summed E-state index contributed by atoms with van der Waals surface area (Å²) in [5, 5.41) is 3.28. The van der Waals surface area contributed by atoms with Crippen LogP contribution in [0.3, 0.4) is 0 Å². The molecule has 6 heteroatoms. The molecule has 2 fully saturated rings. The standard InChI is InChI=1S/C12H25N3O2S/c1-12(2)3-6-15(11-12)18(16,17)10-9-14-7-4-13-5-8-14/h13H,3-11H2,1-2H3. The lowest BCUT2D eigenvalue weighted by Gasteiger charge is -2.28. The Labute approximate surface area is 111 Å². The zero-order valence-corrected chi connectivity index (χ0v) is 12.3. The van der Waals surface area contributed by atoms with Gasteiger partial charge in [0, 0.05) is 45.8 Å². The summed E-state index contributed by atoms with van der Waals surface area (Å²) >= 11 is 0. The molecule has 2 heterocycles. The summed E-state index contributed by atoms with van der Waals surface area (Å²) in [6.07, 6.45) is 0.972. The maximum atomic E-state index is 12.2. The summed E-state index contributed by atoms with van der Waals surface area (Å²) in [6, 6.07) is 0. The van der Waals surface area contributed by atoms with Crippen LogP contribution in [0.1, 0.15) is 20.3 Å². The number of rotatable bonds is 4. The number of nitrogens with zero attached hydrogens (tertiary/aromatic N) is 2. The first kappa shape index (κ1) is 14.2. The van der Waals surface area contributed by atoms with Gasteiger partial charge in [0.05, 0.1) is 5.75 Å². The first-order chi connectivity index (χ1) is 8.39. The molecule has 0 aromatic carbocycles. The maximum Gasteiger partial charge on any atom is 0.215 e. The monoisotopic (exact) mass is 275 g/mol. The number of nitrogens with one attached hydrogen (secondary N) is 1. The van der Waals surface area contributed by atoms with Crippen LogP contribution < -0.4 is 5.32 Å². The highest BCUT2D eigenvalue weighted by Gasteiger charge is 2.35. The Bertz CT molecular complexity index is 375. The fraction of sp³-hybridized carbons (Fsp3) is 1.00. The van der Waals surface area contributed by atoms with Crippen molar-refractivity contribution >= 4 is 10.0 Å². The molecule has 1 N–H and O–H groups in total. The second-order valence-corrected chi connectivity index (χ2v) is 8.24. The summed E-state index contributed by atoms with van der Waals surface area (Å²) < 4.78 is 26.2. The highest BCUT2D eigenvalue weighted by atomic mass is 32.2. The second kappa shape index (κ2) is 5.45. The molecule has 0 atom stereocenters. The third kappa shape index (κ3) is 3.66. The van der Waals surface area contributed by atoms with E-state index in [4.69, 9.17) is 0 Å². The van der Waals surface area contributed by atoms with Gasteiger partial charge < -0.3 is 5.32 Å². The minimum atomic E-state index is -3.06. The van der Waals surface area contributed by atoms with Crippen LogP contribution >= 0.6 is 0 Å². The number of piperazine rings is 1. The van der Waals surface area contributed by atoms with Crippen molar-refractivity contribution in [2.75, 3.05) is 51.6 Å².